The summed E-state index contributed by atoms with van der Waals surface area (Å²) in [5.41, 5.74) is 2.55. The predicted molar refractivity (Wildman–Crippen MR) is 115 cm³/mol. The lowest BCUT2D eigenvalue weighted by atomic mass is 10.2. The topological polar surface area (TPSA) is 44.1 Å². The van der Waals surface area contributed by atoms with E-state index in [9.17, 15) is 4.79 Å². The second-order valence-electron chi connectivity index (χ2n) is 6.42. The molecule has 4 nitrogen and oxygen atoms in total. The molecule has 0 aliphatic heterocycles. The SMILES string of the molecule is COc1cccc(-n2c(SC(C)c3ccccc3)nc3ccccc3c2=O)c1. The minimum Gasteiger partial charge on any atom is -0.497 e. The first kappa shape index (κ1) is 18.3. The monoisotopic (exact) mass is 388 g/mol. The van der Waals surface area contributed by atoms with Crippen LogP contribution < -0.4 is 10.3 Å². The largest absolute Gasteiger partial charge is 0.497 e. The van der Waals surface area contributed by atoms with E-state index in [1.54, 1.807) is 23.4 Å². The Morgan fingerprint density at radius 2 is 1.71 bits per heavy atom. The van der Waals surface area contributed by atoms with Crippen LogP contribution in [-0.2, 0) is 0 Å². The third-order valence-electron chi connectivity index (χ3n) is 4.61. The third kappa shape index (κ3) is 3.53. The smallest absolute Gasteiger partial charge is 0.266 e. The summed E-state index contributed by atoms with van der Waals surface area (Å²) in [6.07, 6.45) is 0. The molecular formula is C23H20N2O2S. The van der Waals surface area contributed by atoms with Crippen molar-refractivity contribution in [2.75, 3.05) is 7.11 Å². The summed E-state index contributed by atoms with van der Waals surface area (Å²) >= 11 is 1.57. The first-order valence-corrected chi connectivity index (χ1v) is 9.93. The highest BCUT2D eigenvalue weighted by atomic mass is 32.2. The molecule has 4 rings (SSSR count). The quantitative estimate of drug-likeness (QED) is 0.346. The van der Waals surface area contributed by atoms with E-state index in [0.29, 0.717) is 21.8 Å². The van der Waals surface area contributed by atoms with Gasteiger partial charge in [-0.1, -0.05) is 60.3 Å². The molecule has 1 aromatic heterocycles. The molecule has 0 amide bonds. The van der Waals surface area contributed by atoms with Crippen molar-refractivity contribution in [1.29, 1.82) is 0 Å². The zero-order valence-electron chi connectivity index (χ0n) is 15.7. The Balaban J connectivity index is 1.89. The molecule has 0 bridgehead atoms. The summed E-state index contributed by atoms with van der Waals surface area (Å²) in [4.78, 5) is 18.2. The molecule has 0 saturated carbocycles. The van der Waals surface area contributed by atoms with E-state index in [2.05, 4.69) is 19.1 Å². The number of fused-ring (bicyclic) bond motifs is 1. The zero-order valence-corrected chi connectivity index (χ0v) is 16.5. The zero-order chi connectivity index (χ0) is 19.5. The van der Waals surface area contributed by atoms with Crippen molar-refractivity contribution in [3.63, 3.8) is 0 Å². The van der Waals surface area contributed by atoms with Gasteiger partial charge in [-0.2, -0.15) is 0 Å². The lowest BCUT2D eigenvalue weighted by molar-refractivity contribution is 0.414. The number of hydrogen-bond donors (Lipinski definition) is 0. The van der Waals surface area contributed by atoms with Crippen molar-refractivity contribution in [3.8, 4) is 11.4 Å². The van der Waals surface area contributed by atoms with Gasteiger partial charge in [0.25, 0.3) is 5.56 Å². The number of methoxy groups -OCH3 is 1. The Morgan fingerprint density at radius 1 is 0.964 bits per heavy atom. The highest BCUT2D eigenvalue weighted by Crippen LogP contribution is 2.35. The molecule has 0 aliphatic rings. The van der Waals surface area contributed by atoms with Crippen LogP contribution in [0.25, 0.3) is 16.6 Å². The minimum absolute atomic E-state index is 0.0818. The molecule has 1 unspecified atom stereocenters. The summed E-state index contributed by atoms with van der Waals surface area (Å²) in [5.74, 6) is 0.699. The van der Waals surface area contributed by atoms with E-state index in [1.807, 2.05) is 66.7 Å². The van der Waals surface area contributed by atoms with Gasteiger partial charge in [0.15, 0.2) is 5.16 Å². The maximum atomic E-state index is 13.3. The Labute approximate surface area is 167 Å². The van der Waals surface area contributed by atoms with Gasteiger partial charge in [0, 0.05) is 11.3 Å². The van der Waals surface area contributed by atoms with Gasteiger partial charge in [-0.25, -0.2) is 4.98 Å². The van der Waals surface area contributed by atoms with Gasteiger partial charge in [-0.05, 0) is 36.8 Å². The summed E-state index contributed by atoms with van der Waals surface area (Å²) in [7, 11) is 1.62. The number of ether oxygens (including phenoxy) is 1. The fourth-order valence-corrected chi connectivity index (χ4v) is 4.17. The van der Waals surface area contributed by atoms with Gasteiger partial charge in [0.05, 0.1) is 23.7 Å². The molecule has 0 saturated heterocycles. The molecule has 4 aromatic rings. The summed E-state index contributed by atoms with van der Waals surface area (Å²) < 4.78 is 7.03. The number of thioether (sulfide) groups is 1. The number of aromatic nitrogens is 2. The van der Waals surface area contributed by atoms with Crippen LogP contribution in [0.3, 0.4) is 0 Å². The molecule has 1 heterocycles. The van der Waals surface area contributed by atoms with Gasteiger partial charge in [0.1, 0.15) is 5.75 Å². The van der Waals surface area contributed by atoms with E-state index in [0.717, 1.165) is 5.69 Å². The number of rotatable bonds is 5. The van der Waals surface area contributed by atoms with Crippen LogP contribution in [0.1, 0.15) is 17.7 Å². The first-order valence-electron chi connectivity index (χ1n) is 9.05. The van der Waals surface area contributed by atoms with Crippen LogP contribution >= 0.6 is 11.8 Å². The Bertz CT molecular complexity index is 1170. The fraction of sp³-hybridized carbons (Fsp3) is 0.130. The lowest BCUT2D eigenvalue weighted by Crippen LogP contribution is -2.22. The maximum absolute atomic E-state index is 13.3. The van der Waals surface area contributed by atoms with Crippen LogP contribution in [0.5, 0.6) is 5.75 Å². The van der Waals surface area contributed by atoms with Crippen LogP contribution in [-0.4, -0.2) is 16.7 Å². The Morgan fingerprint density at radius 3 is 2.50 bits per heavy atom. The van der Waals surface area contributed by atoms with E-state index >= 15 is 0 Å². The molecule has 1 atom stereocenters. The third-order valence-corrected chi connectivity index (χ3v) is 5.72. The number of nitrogens with zero attached hydrogens (tertiary/aromatic N) is 2. The van der Waals surface area contributed by atoms with Crippen molar-refractivity contribution in [2.24, 2.45) is 0 Å². The van der Waals surface area contributed by atoms with Crippen molar-refractivity contribution >= 4 is 22.7 Å². The number of hydrogen-bond acceptors (Lipinski definition) is 4. The highest BCUT2D eigenvalue weighted by Gasteiger charge is 2.17. The van der Waals surface area contributed by atoms with Crippen molar-refractivity contribution in [2.45, 2.75) is 17.3 Å². The van der Waals surface area contributed by atoms with E-state index in [1.165, 1.54) is 5.56 Å². The van der Waals surface area contributed by atoms with Gasteiger partial charge >= 0.3 is 0 Å². The summed E-state index contributed by atoms with van der Waals surface area (Å²) in [6, 6.07) is 25.2. The van der Waals surface area contributed by atoms with Crippen LogP contribution in [0.4, 0.5) is 0 Å². The minimum atomic E-state index is -0.0818. The summed E-state index contributed by atoms with van der Waals surface area (Å²) in [5, 5.41) is 1.40. The Hall–Kier alpha value is -3.05. The fourth-order valence-electron chi connectivity index (χ4n) is 3.12. The molecule has 0 radical (unpaired) electrons. The van der Waals surface area contributed by atoms with Crippen LogP contribution in [0.15, 0.2) is 88.8 Å². The average molecular weight is 388 g/mol. The molecule has 0 fully saturated rings. The van der Waals surface area contributed by atoms with E-state index < -0.39 is 0 Å². The molecule has 0 spiro atoms. The van der Waals surface area contributed by atoms with Crippen molar-refractivity contribution in [1.82, 2.24) is 9.55 Å². The van der Waals surface area contributed by atoms with Gasteiger partial charge in [0.2, 0.25) is 0 Å². The number of para-hydroxylation sites is 1. The maximum Gasteiger partial charge on any atom is 0.266 e. The Kier molecular flexibility index (Phi) is 5.17. The second kappa shape index (κ2) is 7.90. The second-order valence-corrected chi connectivity index (χ2v) is 7.73. The molecular weight excluding hydrogens is 368 g/mol. The van der Waals surface area contributed by atoms with Gasteiger partial charge < -0.3 is 4.74 Å². The van der Waals surface area contributed by atoms with Crippen molar-refractivity contribution < 1.29 is 4.74 Å². The molecule has 0 N–H and O–H groups in total. The lowest BCUT2D eigenvalue weighted by Gasteiger charge is -2.17. The molecule has 0 aliphatic carbocycles. The average Bonchev–Trinajstić information content (AvgIpc) is 2.74. The van der Waals surface area contributed by atoms with Crippen molar-refractivity contribution in [3.05, 3.63) is 94.8 Å². The normalized spacial score (nSPS) is 12.1. The van der Waals surface area contributed by atoms with E-state index in [-0.39, 0.29) is 10.8 Å². The predicted octanol–water partition coefficient (Wildman–Crippen LogP) is 5.25. The van der Waals surface area contributed by atoms with Crippen LogP contribution in [0, 0.1) is 0 Å². The highest BCUT2D eigenvalue weighted by molar-refractivity contribution is 7.99. The molecule has 140 valence electrons. The summed E-state index contributed by atoms with van der Waals surface area (Å²) in [6.45, 7) is 2.12. The molecule has 5 heteroatoms. The first-order chi connectivity index (χ1) is 13.7. The standard InChI is InChI=1S/C23H20N2O2S/c1-16(17-9-4-3-5-10-17)28-23-24-21-14-7-6-13-20(21)22(26)25(23)18-11-8-12-19(15-18)27-2/h3-16H,1-2H3. The van der Waals surface area contributed by atoms with Crippen LogP contribution in [0.2, 0.25) is 0 Å². The van der Waals surface area contributed by atoms with E-state index in [4.69, 9.17) is 9.72 Å². The molecule has 3 aromatic carbocycles. The van der Waals surface area contributed by atoms with Gasteiger partial charge in [-0.3, -0.25) is 9.36 Å². The molecule has 28 heavy (non-hydrogen) atoms. The number of benzene rings is 3. The van der Waals surface area contributed by atoms with Gasteiger partial charge in [-0.15, -0.1) is 0 Å².